The predicted octanol–water partition coefficient (Wildman–Crippen LogP) is 2.21. The van der Waals surface area contributed by atoms with E-state index in [1.807, 2.05) is 6.92 Å². The van der Waals surface area contributed by atoms with Gasteiger partial charge in [0.15, 0.2) is 0 Å². The fraction of sp³-hybridized carbons (Fsp3) is 0.400. The van der Waals surface area contributed by atoms with E-state index < -0.39 is 0 Å². The number of benzene rings is 1. The zero-order valence-electron chi connectivity index (χ0n) is 15.5. The fourth-order valence-electron chi connectivity index (χ4n) is 2.71. The second-order valence-electron chi connectivity index (χ2n) is 5.95. The molecule has 6 heteroatoms. The zero-order valence-corrected chi connectivity index (χ0v) is 15.5. The van der Waals surface area contributed by atoms with Crippen molar-refractivity contribution in [2.24, 2.45) is 0 Å². The van der Waals surface area contributed by atoms with Gasteiger partial charge in [0.1, 0.15) is 0 Å². The van der Waals surface area contributed by atoms with Crippen LogP contribution in [-0.4, -0.2) is 56.1 Å². The number of anilines is 1. The molecule has 0 aliphatic carbocycles. The van der Waals surface area contributed by atoms with Crippen molar-refractivity contribution in [1.29, 1.82) is 0 Å². The molecule has 2 amide bonds. The largest absolute Gasteiger partial charge is 0.379 e. The summed E-state index contributed by atoms with van der Waals surface area (Å²) in [6.45, 7) is 8.25. The van der Waals surface area contributed by atoms with Crippen LogP contribution in [0.4, 0.5) is 5.69 Å². The van der Waals surface area contributed by atoms with E-state index in [4.69, 9.17) is 4.74 Å². The third kappa shape index (κ3) is 5.82. The van der Waals surface area contributed by atoms with Crippen molar-refractivity contribution in [1.82, 2.24) is 10.2 Å². The number of amides is 2. The van der Waals surface area contributed by atoms with Crippen LogP contribution in [0.1, 0.15) is 24.2 Å². The van der Waals surface area contributed by atoms with Crippen LogP contribution in [0.3, 0.4) is 0 Å². The maximum absolute atomic E-state index is 12.5. The smallest absolute Gasteiger partial charge is 0.255 e. The van der Waals surface area contributed by atoms with Gasteiger partial charge in [-0.1, -0.05) is 30.4 Å². The van der Waals surface area contributed by atoms with Crippen molar-refractivity contribution in [3.05, 3.63) is 53.6 Å². The maximum atomic E-state index is 12.5. The minimum Gasteiger partial charge on any atom is -0.379 e. The van der Waals surface area contributed by atoms with Crippen LogP contribution in [0.5, 0.6) is 0 Å². The number of para-hydroxylation sites is 1. The third-order valence-electron chi connectivity index (χ3n) is 4.16. The lowest BCUT2D eigenvalue weighted by Crippen LogP contribution is -2.41. The molecule has 0 aromatic heterocycles. The molecule has 0 atom stereocenters. The minimum absolute atomic E-state index is 0.192. The molecule has 26 heavy (non-hydrogen) atoms. The number of allylic oxidation sites excluding steroid dienone is 2. The second kappa shape index (κ2) is 10.5. The SMILES string of the molecule is C/C=C\C(=C/C)C(=O)Nc1ccccc1C(=O)NCCN1CCOCC1. The summed E-state index contributed by atoms with van der Waals surface area (Å²) in [6, 6.07) is 7.03. The van der Waals surface area contributed by atoms with E-state index in [2.05, 4.69) is 15.5 Å². The molecule has 140 valence electrons. The molecule has 6 nitrogen and oxygen atoms in total. The van der Waals surface area contributed by atoms with Crippen LogP contribution in [0.2, 0.25) is 0 Å². The molecule has 0 bridgehead atoms. The molecule has 1 saturated heterocycles. The molecule has 0 radical (unpaired) electrons. The Morgan fingerprint density at radius 2 is 1.92 bits per heavy atom. The lowest BCUT2D eigenvalue weighted by Gasteiger charge is -2.26. The number of nitrogens with zero attached hydrogens (tertiary/aromatic N) is 1. The molecule has 0 unspecified atom stereocenters. The van der Waals surface area contributed by atoms with E-state index in [9.17, 15) is 9.59 Å². The van der Waals surface area contributed by atoms with Crippen molar-refractivity contribution < 1.29 is 14.3 Å². The van der Waals surface area contributed by atoms with Crippen molar-refractivity contribution >= 4 is 17.5 Å². The van der Waals surface area contributed by atoms with Crippen molar-refractivity contribution in [2.75, 3.05) is 44.7 Å². The fourth-order valence-corrected chi connectivity index (χ4v) is 2.71. The summed E-state index contributed by atoms with van der Waals surface area (Å²) in [5, 5.41) is 5.75. The quantitative estimate of drug-likeness (QED) is 0.580. The van der Waals surface area contributed by atoms with E-state index in [-0.39, 0.29) is 11.8 Å². The number of carbonyl (C=O) groups excluding carboxylic acids is 2. The number of hydrogen-bond donors (Lipinski definition) is 2. The normalized spacial score (nSPS) is 15.8. The first-order valence-corrected chi connectivity index (χ1v) is 8.93. The summed E-state index contributed by atoms with van der Waals surface area (Å²) in [5.41, 5.74) is 1.51. The van der Waals surface area contributed by atoms with E-state index in [1.54, 1.807) is 49.4 Å². The Labute approximate surface area is 154 Å². The summed E-state index contributed by atoms with van der Waals surface area (Å²) >= 11 is 0. The molecule has 1 heterocycles. The lowest BCUT2D eigenvalue weighted by molar-refractivity contribution is -0.112. The van der Waals surface area contributed by atoms with Gasteiger partial charge in [-0.2, -0.15) is 0 Å². The summed E-state index contributed by atoms with van der Waals surface area (Å²) in [6.07, 6.45) is 5.28. The molecule has 1 fully saturated rings. The molecule has 0 spiro atoms. The van der Waals surface area contributed by atoms with Gasteiger partial charge in [0.25, 0.3) is 11.8 Å². The molecule has 1 aliphatic rings. The second-order valence-corrected chi connectivity index (χ2v) is 5.95. The summed E-state index contributed by atoms with van der Waals surface area (Å²) in [4.78, 5) is 27.1. The monoisotopic (exact) mass is 357 g/mol. The Bertz CT molecular complexity index is 677. The van der Waals surface area contributed by atoms with Crippen LogP contribution < -0.4 is 10.6 Å². The van der Waals surface area contributed by atoms with Gasteiger partial charge in [-0.3, -0.25) is 14.5 Å². The first kappa shape index (κ1) is 19.9. The summed E-state index contributed by atoms with van der Waals surface area (Å²) in [7, 11) is 0. The van der Waals surface area contributed by atoms with Crippen LogP contribution in [0, 0.1) is 0 Å². The van der Waals surface area contributed by atoms with Gasteiger partial charge in [0.2, 0.25) is 0 Å². The standard InChI is InChI=1S/C20H27N3O3/c1-3-7-16(4-2)19(24)22-18-9-6-5-8-17(18)20(25)21-10-11-23-12-14-26-15-13-23/h3-9H,10-15H2,1-2H3,(H,21,25)(H,22,24)/b7-3-,16-4+. The van der Waals surface area contributed by atoms with Crippen LogP contribution in [-0.2, 0) is 9.53 Å². The van der Waals surface area contributed by atoms with E-state index in [0.717, 1.165) is 32.8 Å². The topological polar surface area (TPSA) is 70.7 Å². The van der Waals surface area contributed by atoms with Gasteiger partial charge in [-0.05, 0) is 26.0 Å². The van der Waals surface area contributed by atoms with Gasteiger partial charge in [-0.25, -0.2) is 0 Å². The molecule has 1 aromatic carbocycles. The number of nitrogens with one attached hydrogen (secondary N) is 2. The van der Waals surface area contributed by atoms with Gasteiger partial charge in [0, 0.05) is 31.8 Å². The highest BCUT2D eigenvalue weighted by Crippen LogP contribution is 2.16. The van der Waals surface area contributed by atoms with Crippen molar-refractivity contribution in [2.45, 2.75) is 13.8 Å². The van der Waals surface area contributed by atoms with E-state index in [1.165, 1.54) is 0 Å². The number of ether oxygens (including phenoxy) is 1. The zero-order chi connectivity index (χ0) is 18.8. The Kier molecular flexibility index (Phi) is 8.05. The van der Waals surface area contributed by atoms with E-state index in [0.29, 0.717) is 23.4 Å². The van der Waals surface area contributed by atoms with Crippen LogP contribution >= 0.6 is 0 Å². The minimum atomic E-state index is -0.237. The first-order valence-electron chi connectivity index (χ1n) is 8.93. The Morgan fingerprint density at radius 1 is 1.19 bits per heavy atom. The Balaban J connectivity index is 1.96. The summed E-state index contributed by atoms with van der Waals surface area (Å²) < 4.78 is 5.32. The van der Waals surface area contributed by atoms with Gasteiger partial charge < -0.3 is 15.4 Å². The number of rotatable bonds is 7. The number of hydrogen-bond acceptors (Lipinski definition) is 4. The molecule has 2 N–H and O–H groups in total. The molecule has 1 aromatic rings. The number of morpholine rings is 1. The first-order chi connectivity index (χ1) is 12.7. The molecule has 1 aliphatic heterocycles. The average molecular weight is 357 g/mol. The predicted molar refractivity (Wildman–Crippen MR) is 103 cm³/mol. The highest BCUT2D eigenvalue weighted by Gasteiger charge is 2.15. The molecular weight excluding hydrogens is 330 g/mol. The Morgan fingerprint density at radius 3 is 2.62 bits per heavy atom. The maximum Gasteiger partial charge on any atom is 0.255 e. The van der Waals surface area contributed by atoms with Crippen LogP contribution in [0.25, 0.3) is 0 Å². The highest BCUT2D eigenvalue weighted by molar-refractivity contribution is 6.09. The third-order valence-corrected chi connectivity index (χ3v) is 4.16. The van der Waals surface area contributed by atoms with Gasteiger partial charge >= 0.3 is 0 Å². The Hall–Kier alpha value is -2.44. The molecular formula is C20H27N3O3. The van der Waals surface area contributed by atoms with Gasteiger partial charge in [-0.15, -0.1) is 0 Å². The van der Waals surface area contributed by atoms with E-state index >= 15 is 0 Å². The highest BCUT2D eigenvalue weighted by atomic mass is 16.5. The summed E-state index contributed by atoms with van der Waals surface area (Å²) in [5.74, 6) is -0.429. The van der Waals surface area contributed by atoms with Crippen molar-refractivity contribution in [3.63, 3.8) is 0 Å². The van der Waals surface area contributed by atoms with Gasteiger partial charge in [0.05, 0.1) is 24.5 Å². The van der Waals surface area contributed by atoms with Crippen molar-refractivity contribution in [3.8, 4) is 0 Å². The number of carbonyl (C=O) groups is 2. The van der Waals surface area contributed by atoms with Crippen LogP contribution in [0.15, 0.2) is 48.1 Å². The average Bonchev–Trinajstić information content (AvgIpc) is 2.67. The molecule has 0 saturated carbocycles. The lowest BCUT2D eigenvalue weighted by atomic mass is 10.1. The molecule has 2 rings (SSSR count).